The Bertz CT molecular complexity index is 597. The third-order valence-electron chi connectivity index (χ3n) is 2.50. The monoisotopic (exact) mass is 256 g/mol. The van der Waals surface area contributed by atoms with Crippen molar-refractivity contribution in [2.24, 2.45) is 0 Å². The largest absolute Gasteiger partial charge is 0.465 e. The van der Waals surface area contributed by atoms with Crippen molar-refractivity contribution in [3.05, 3.63) is 59.9 Å². The van der Waals surface area contributed by atoms with Crippen LogP contribution in [0.1, 0.15) is 20.7 Å². The molecule has 1 aromatic heterocycles. The molecule has 0 aliphatic rings. The maximum atomic E-state index is 12.1. The van der Waals surface area contributed by atoms with Gasteiger partial charge in [0, 0.05) is 6.20 Å². The van der Waals surface area contributed by atoms with E-state index in [9.17, 15) is 9.59 Å². The first-order valence-electron chi connectivity index (χ1n) is 5.61. The zero-order valence-electron chi connectivity index (χ0n) is 10.3. The molecule has 19 heavy (non-hydrogen) atoms. The van der Waals surface area contributed by atoms with Crippen LogP contribution >= 0.6 is 0 Å². The van der Waals surface area contributed by atoms with Crippen molar-refractivity contribution in [1.82, 2.24) is 4.98 Å². The normalized spacial score (nSPS) is 9.74. The Kier molecular flexibility index (Phi) is 3.87. The third kappa shape index (κ3) is 2.95. The lowest BCUT2D eigenvalue weighted by Gasteiger charge is -2.08. The molecule has 0 aliphatic heterocycles. The van der Waals surface area contributed by atoms with E-state index in [1.807, 2.05) is 0 Å². The molecule has 0 aliphatic carbocycles. The van der Waals surface area contributed by atoms with E-state index in [0.717, 1.165) is 0 Å². The Balaban J connectivity index is 2.27. The molecule has 0 fully saturated rings. The van der Waals surface area contributed by atoms with Crippen LogP contribution in [-0.4, -0.2) is 24.0 Å². The molecule has 2 rings (SSSR count). The molecule has 0 bridgehead atoms. The van der Waals surface area contributed by atoms with Gasteiger partial charge in [0.05, 0.1) is 30.1 Å². The molecular weight excluding hydrogens is 244 g/mol. The zero-order valence-corrected chi connectivity index (χ0v) is 10.3. The smallest absolute Gasteiger partial charge is 0.338 e. The van der Waals surface area contributed by atoms with Crippen molar-refractivity contribution in [2.75, 3.05) is 12.4 Å². The second kappa shape index (κ2) is 5.77. The number of nitrogens with zero attached hydrogens (tertiary/aromatic N) is 1. The highest BCUT2D eigenvalue weighted by atomic mass is 16.5. The van der Waals surface area contributed by atoms with Gasteiger partial charge in [0.25, 0.3) is 5.91 Å². The summed E-state index contributed by atoms with van der Waals surface area (Å²) in [5.41, 5.74) is 1.05. The topological polar surface area (TPSA) is 68.3 Å². The van der Waals surface area contributed by atoms with Gasteiger partial charge in [-0.25, -0.2) is 4.79 Å². The van der Waals surface area contributed by atoms with E-state index in [-0.39, 0.29) is 17.0 Å². The summed E-state index contributed by atoms with van der Waals surface area (Å²) < 4.78 is 4.65. The predicted octanol–water partition coefficient (Wildman–Crippen LogP) is 2.12. The van der Waals surface area contributed by atoms with E-state index in [4.69, 9.17) is 0 Å². The summed E-state index contributed by atoms with van der Waals surface area (Å²) >= 11 is 0. The highest BCUT2D eigenvalue weighted by molar-refractivity contribution is 6.10. The lowest BCUT2D eigenvalue weighted by atomic mass is 10.1. The van der Waals surface area contributed by atoms with Crippen LogP contribution < -0.4 is 5.32 Å². The first kappa shape index (κ1) is 12.8. The van der Waals surface area contributed by atoms with Crippen molar-refractivity contribution in [3.8, 4) is 0 Å². The fourth-order valence-corrected chi connectivity index (χ4v) is 1.60. The molecule has 1 heterocycles. The van der Waals surface area contributed by atoms with Gasteiger partial charge in [-0.15, -0.1) is 0 Å². The lowest BCUT2D eigenvalue weighted by molar-refractivity contribution is 0.0597. The van der Waals surface area contributed by atoms with Gasteiger partial charge in [-0.3, -0.25) is 9.78 Å². The van der Waals surface area contributed by atoms with Gasteiger partial charge in [0.1, 0.15) is 0 Å². The molecule has 0 saturated heterocycles. The number of ether oxygens (including phenoxy) is 1. The van der Waals surface area contributed by atoms with Crippen molar-refractivity contribution >= 4 is 17.6 Å². The highest BCUT2D eigenvalue weighted by Gasteiger charge is 2.16. The van der Waals surface area contributed by atoms with E-state index >= 15 is 0 Å². The van der Waals surface area contributed by atoms with Gasteiger partial charge in [-0.05, 0) is 24.3 Å². The number of anilines is 1. The first-order chi connectivity index (χ1) is 9.22. The van der Waals surface area contributed by atoms with E-state index in [1.165, 1.54) is 13.3 Å². The summed E-state index contributed by atoms with van der Waals surface area (Å²) in [6, 6.07) is 9.90. The van der Waals surface area contributed by atoms with Crippen LogP contribution in [0.5, 0.6) is 0 Å². The number of hydrogen-bond acceptors (Lipinski definition) is 4. The standard InChI is InChI=1S/C14H12N2O3/c1-19-14(18)12-7-3-2-6-11(12)13(17)16-10-5-4-8-15-9-10/h2-9H,1H3,(H,16,17). The molecule has 1 aromatic carbocycles. The molecule has 1 amide bonds. The summed E-state index contributed by atoms with van der Waals surface area (Å²) in [5, 5.41) is 2.67. The van der Waals surface area contributed by atoms with Crippen LogP contribution in [0.4, 0.5) is 5.69 Å². The maximum absolute atomic E-state index is 12.1. The molecule has 96 valence electrons. The average Bonchev–Trinajstić information content (AvgIpc) is 2.47. The minimum atomic E-state index is -0.545. The second-order valence-corrected chi connectivity index (χ2v) is 3.73. The number of methoxy groups -OCH3 is 1. The van der Waals surface area contributed by atoms with Crippen molar-refractivity contribution < 1.29 is 14.3 Å². The van der Waals surface area contributed by atoms with Gasteiger partial charge in [-0.2, -0.15) is 0 Å². The molecule has 5 nitrogen and oxygen atoms in total. The summed E-state index contributed by atoms with van der Waals surface area (Å²) in [4.78, 5) is 27.6. The van der Waals surface area contributed by atoms with Crippen LogP contribution in [0.25, 0.3) is 0 Å². The van der Waals surface area contributed by atoms with Gasteiger partial charge in [-0.1, -0.05) is 12.1 Å². The van der Waals surface area contributed by atoms with Crippen LogP contribution in [0, 0.1) is 0 Å². The Labute approximate surface area is 110 Å². The quantitative estimate of drug-likeness (QED) is 0.854. The molecule has 0 spiro atoms. The maximum Gasteiger partial charge on any atom is 0.338 e. The molecule has 2 aromatic rings. The van der Waals surface area contributed by atoms with Crippen LogP contribution in [0.3, 0.4) is 0 Å². The number of benzene rings is 1. The molecule has 0 radical (unpaired) electrons. The highest BCUT2D eigenvalue weighted by Crippen LogP contribution is 2.13. The number of pyridine rings is 1. The minimum Gasteiger partial charge on any atom is -0.465 e. The van der Waals surface area contributed by atoms with E-state index in [0.29, 0.717) is 5.69 Å². The molecule has 0 atom stereocenters. The fourth-order valence-electron chi connectivity index (χ4n) is 1.60. The number of amides is 1. The number of nitrogens with one attached hydrogen (secondary N) is 1. The predicted molar refractivity (Wildman–Crippen MR) is 70.0 cm³/mol. The molecule has 1 N–H and O–H groups in total. The number of carbonyl (C=O) groups is 2. The lowest BCUT2D eigenvalue weighted by Crippen LogP contribution is -2.17. The van der Waals surface area contributed by atoms with Crippen LogP contribution in [0.15, 0.2) is 48.8 Å². The SMILES string of the molecule is COC(=O)c1ccccc1C(=O)Nc1cccnc1. The first-order valence-corrected chi connectivity index (χ1v) is 5.61. The van der Waals surface area contributed by atoms with Gasteiger partial charge in [0.15, 0.2) is 0 Å². The Morgan fingerprint density at radius 1 is 1.11 bits per heavy atom. The van der Waals surface area contributed by atoms with Crippen LogP contribution in [0.2, 0.25) is 0 Å². The van der Waals surface area contributed by atoms with Gasteiger partial charge in [0.2, 0.25) is 0 Å². The Hall–Kier alpha value is -2.69. The Morgan fingerprint density at radius 2 is 1.84 bits per heavy atom. The fraction of sp³-hybridized carbons (Fsp3) is 0.0714. The Morgan fingerprint density at radius 3 is 2.47 bits per heavy atom. The third-order valence-corrected chi connectivity index (χ3v) is 2.50. The average molecular weight is 256 g/mol. The van der Waals surface area contributed by atoms with Gasteiger partial charge < -0.3 is 10.1 Å². The van der Waals surface area contributed by atoms with Crippen molar-refractivity contribution in [3.63, 3.8) is 0 Å². The van der Waals surface area contributed by atoms with E-state index in [2.05, 4.69) is 15.0 Å². The minimum absolute atomic E-state index is 0.228. The molecule has 0 unspecified atom stereocenters. The number of hydrogen-bond donors (Lipinski definition) is 1. The van der Waals surface area contributed by atoms with Crippen LogP contribution in [-0.2, 0) is 4.74 Å². The second-order valence-electron chi connectivity index (χ2n) is 3.73. The number of carbonyl (C=O) groups excluding carboxylic acids is 2. The number of aromatic nitrogens is 1. The molecular formula is C14H12N2O3. The van der Waals surface area contributed by atoms with Gasteiger partial charge >= 0.3 is 5.97 Å². The summed E-state index contributed by atoms with van der Waals surface area (Å²) in [7, 11) is 1.28. The zero-order chi connectivity index (χ0) is 13.7. The van der Waals surface area contributed by atoms with E-state index < -0.39 is 5.97 Å². The molecule has 0 saturated carbocycles. The van der Waals surface area contributed by atoms with Crippen molar-refractivity contribution in [1.29, 1.82) is 0 Å². The number of esters is 1. The van der Waals surface area contributed by atoms with Crippen molar-refractivity contribution in [2.45, 2.75) is 0 Å². The van der Waals surface area contributed by atoms with E-state index in [1.54, 1.807) is 42.6 Å². The summed E-state index contributed by atoms with van der Waals surface area (Å²) in [5.74, 6) is -0.925. The summed E-state index contributed by atoms with van der Waals surface area (Å²) in [6.45, 7) is 0. The molecule has 5 heteroatoms. The summed E-state index contributed by atoms with van der Waals surface area (Å²) in [6.07, 6.45) is 3.14. The number of rotatable bonds is 3.